The smallest absolute Gasteiger partial charge is 0.133 e. The van der Waals surface area contributed by atoms with E-state index in [0.717, 1.165) is 0 Å². The minimum atomic E-state index is -4.88. The topological polar surface area (TPSA) is 21.8 Å². The van der Waals surface area contributed by atoms with Crippen molar-refractivity contribution in [2.45, 2.75) is 5.91 Å². The molecule has 0 aromatic carbocycles. The standard InChI is InChI=1S/CHF7N4/c2-9-1(10(3)4,11(5)6)12(7)8/h9H. The van der Waals surface area contributed by atoms with Gasteiger partial charge in [0.2, 0.25) is 0 Å². The summed E-state index contributed by atoms with van der Waals surface area (Å²) in [6.07, 6.45) is 0. The van der Waals surface area contributed by atoms with Gasteiger partial charge in [0.05, 0.1) is 16.0 Å². The van der Waals surface area contributed by atoms with E-state index in [4.69, 9.17) is 0 Å². The van der Waals surface area contributed by atoms with Crippen molar-refractivity contribution in [3.05, 3.63) is 0 Å². The van der Waals surface area contributed by atoms with Gasteiger partial charge in [0, 0.05) is 0 Å². The van der Waals surface area contributed by atoms with Crippen molar-refractivity contribution >= 4 is 0 Å². The van der Waals surface area contributed by atoms with E-state index >= 15 is 0 Å². The highest BCUT2D eigenvalue weighted by molar-refractivity contribution is 4.59. The van der Waals surface area contributed by atoms with Crippen molar-refractivity contribution in [2.24, 2.45) is 0 Å². The fourth-order valence-electron chi connectivity index (χ4n) is 0.267. The third kappa shape index (κ3) is 1.57. The van der Waals surface area contributed by atoms with Crippen LogP contribution in [-0.4, -0.2) is 21.9 Å². The third-order valence-corrected chi connectivity index (χ3v) is 0.834. The van der Waals surface area contributed by atoms with Gasteiger partial charge in [-0.25, -0.2) is 0 Å². The molecule has 0 unspecified atom stereocenters. The number of nitrogens with zero attached hydrogens (tertiary/aromatic N) is 3. The largest absolute Gasteiger partial charge is 0.383 e. The Morgan fingerprint density at radius 1 is 0.750 bits per heavy atom. The van der Waals surface area contributed by atoms with Gasteiger partial charge < -0.3 is 0 Å². The minimum absolute atomic E-state index is 0.458. The Bertz CT molecular complexity index is 114. The van der Waals surface area contributed by atoms with E-state index in [0.29, 0.717) is 0 Å². The summed E-state index contributed by atoms with van der Waals surface area (Å²) in [4.78, 5) is 0. The number of halogens is 7. The highest BCUT2D eigenvalue weighted by Gasteiger charge is 2.57. The summed E-state index contributed by atoms with van der Waals surface area (Å²) in [5.74, 6) is -4.88. The molecule has 74 valence electrons. The van der Waals surface area contributed by atoms with Gasteiger partial charge in [-0.1, -0.05) is 32.4 Å². The Kier molecular flexibility index (Phi) is 3.63. The molecular formula is CHF7N4. The van der Waals surface area contributed by atoms with Crippen LogP contribution in [0.3, 0.4) is 0 Å². The lowest BCUT2D eigenvalue weighted by Crippen LogP contribution is -2.63. The maximum Gasteiger partial charge on any atom is 0.383 e. The highest BCUT2D eigenvalue weighted by Crippen LogP contribution is 2.25. The molecule has 0 aromatic rings. The molecule has 0 fully saturated rings. The summed E-state index contributed by atoms with van der Waals surface area (Å²) in [7, 11) is 0. The molecule has 0 radical (unpaired) electrons. The lowest BCUT2D eigenvalue weighted by molar-refractivity contribution is -0.498. The summed E-state index contributed by atoms with van der Waals surface area (Å²) < 4.78 is 79.3. The van der Waals surface area contributed by atoms with E-state index in [1.54, 1.807) is 0 Å². The molecule has 0 saturated carbocycles. The van der Waals surface area contributed by atoms with E-state index in [1.807, 2.05) is 0 Å². The molecule has 1 N–H and O–H groups in total. The summed E-state index contributed by atoms with van der Waals surface area (Å²) in [5, 5.41) is -8.23. The van der Waals surface area contributed by atoms with E-state index in [2.05, 4.69) is 0 Å². The average molecular weight is 202 g/mol. The van der Waals surface area contributed by atoms with Crippen molar-refractivity contribution in [2.75, 3.05) is 0 Å². The number of nitrogens with one attached hydrogen (secondary N) is 1. The van der Waals surface area contributed by atoms with E-state index in [-0.39, 0.29) is 0 Å². The molecule has 0 saturated heterocycles. The van der Waals surface area contributed by atoms with Crippen molar-refractivity contribution in [3.8, 4) is 0 Å². The summed E-state index contributed by atoms with van der Waals surface area (Å²) in [6, 6.07) is 0. The van der Waals surface area contributed by atoms with Gasteiger partial charge in [0.1, 0.15) is 0 Å². The predicted molar refractivity (Wildman–Crippen MR) is 19.1 cm³/mol. The minimum Gasteiger partial charge on any atom is -0.133 e. The molecule has 11 heteroatoms. The molecule has 4 nitrogen and oxygen atoms in total. The Morgan fingerprint density at radius 3 is 1.00 bits per heavy atom. The van der Waals surface area contributed by atoms with Crippen LogP contribution < -0.4 is 5.54 Å². The van der Waals surface area contributed by atoms with Gasteiger partial charge in [0.15, 0.2) is 0 Å². The van der Waals surface area contributed by atoms with Crippen LogP contribution in [-0.2, 0) is 0 Å². The van der Waals surface area contributed by atoms with Crippen molar-refractivity contribution in [3.63, 3.8) is 0 Å². The number of rotatable bonds is 4. The molecule has 0 bridgehead atoms. The average Bonchev–Trinajstić information content (AvgIpc) is 1.86. The van der Waals surface area contributed by atoms with Crippen LogP contribution >= 0.6 is 0 Å². The zero-order valence-corrected chi connectivity index (χ0v) is 4.99. The monoisotopic (exact) mass is 202 g/mol. The Labute approximate surface area is 60.3 Å². The van der Waals surface area contributed by atoms with Crippen LogP contribution in [0, 0.1) is 0 Å². The van der Waals surface area contributed by atoms with Crippen molar-refractivity contribution in [1.29, 1.82) is 0 Å². The summed E-state index contributed by atoms with van der Waals surface area (Å²) in [6.45, 7) is 0. The first-order valence-electron chi connectivity index (χ1n) is 2.12. The first-order valence-corrected chi connectivity index (χ1v) is 2.12. The Morgan fingerprint density at radius 2 is 1.00 bits per heavy atom. The first-order chi connectivity index (χ1) is 5.39. The molecule has 0 heterocycles. The quantitative estimate of drug-likeness (QED) is 0.421. The normalized spacial score (nSPS) is 13.5. The zero-order valence-electron chi connectivity index (χ0n) is 4.99. The Hall–Kier alpha value is -0.650. The van der Waals surface area contributed by atoms with Gasteiger partial charge in [-0.2, -0.15) is 0 Å². The highest BCUT2D eigenvalue weighted by atomic mass is 19.4. The molecule has 12 heavy (non-hydrogen) atoms. The lowest BCUT2D eigenvalue weighted by atomic mass is 10.7. The molecular weight excluding hydrogens is 201 g/mol. The van der Waals surface area contributed by atoms with Gasteiger partial charge in [-0.05, 0) is 0 Å². The zero-order chi connectivity index (χ0) is 9.94. The van der Waals surface area contributed by atoms with Gasteiger partial charge in [-0.3, -0.25) is 0 Å². The maximum atomic E-state index is 11.3. The second-order valence-corrected chi connectivity index (χ2v) is 1.43. The molecule has 0 aliphatic heterocycles. The second-order valence-electron chi connectivity index (χ2n) is 1.43. The predicted octanol–water partition coefficient (Wildman–Crippen LogP) is 1.28. The maximum absolute atomic E-state index is 11.3. The van der Waals surface area contributed by atoms with Gasteiger partial charge in [0.25, 0.3) is 0 Å². The number of hydrogen-bond donors (Lipinski definition) is 1. The van der Waals surface area contributed by atoms with Crippen LogP contribution in [0.2, 0.25) is 0 Å². The molecule has 0 amide bonds. The molecule has 0 aliphatic rings. The molecule has 0 spiro atoms. The van der Waals surface area contributed by atoms with E-state index in [9.17, 15) is 31.4 Å². The van der Waals surface area contributed by atoms with E-state index in [1.165, 1.54) is 0 Å². The SMILES string of the molecule is FNC(N(F)F)(N(F)F)N(F)F. The fourth-order valence-corrected chi connectivity index (χ4v) is 0.267. The lowest BCUT2D eigenvalue weighted by Gasteiger charge is -2.28. The van der Waals surface area contributed by atoms with Crippen molar-refractivity contribution in [1.82, 2.24) is 21.6 Å². The molecule has 0 atom stereocenters. The molecule has 0 aliphatic carbocycles. The van der Waals surface area contributed by atoms with Crippen LogP contribution in [0.4, 0.5) is 31.4 Å². The third-order valence-electron chi connectivity index (χ3n) is 0.834. The summed E-state index contributed by atoms with van der Waals surface area (Å²) in [5.41, 5.74) is -0.458. The van der Waals surface area contributed by atoms with Gasteiger partial charge >= 0.3 is 5.91 Å². The van der Waals surface area contributed by atoms with Crippen LogP contribution in [0.25, 0.3) is 0 Å². The van der Waals surface area contributed by atoms with Gasteiger partial charge in [-0.15, -0.1) is 4.48 Å². The van der Waals surface area contributed by atoms with E-state index < -0.39 is 27.5 Å². The van der Waals surface area contributed by atoms with Crippen LogP contribution in [0.1, 0.15) is 0 Å². The van der Waals surface area contributed by atoms with Crippen LogP contribution in [0.15, 0.2) is 0 Å². The summed E-state index contributed by atoms with van der Waals surface area (Å²) >= 11 is 0. The van der Waals surface area contributed by atoms with Crippen molar-refractivity contribution < 1.29 is 31.4 Å². The van der Waals surface area contributed by atoms with Crippen LogP contribution in [0.5, 0.6) is 0 Å². The fraction of sp³-hybridized carbons (Fsp3) is 1.00. The number of hydrogen-bond acceptors (Lipinski definition) is 4. The second kappa shape index (κ2) is 3.84. The Balaban J connectivity index is 4.77. The molecule has 0 rings (SSSR count). The molecule has 0 aromatic heterocycles. The first kappa shape index (κ1) is 11.4.